The first kappa shape index (κ1) is 15.5. The van der Waals surface area contributed by atoms with E-state index in [9.17, 15) is 8.42 Å². The second-order valence-corrected chi connectivity index (χ2v) is 7.51. The molecule has 1 fully saturated rings. The Morgan fingerprint density at radius 3 is 2.30 bits per heavy atom. The van der Waals surface area contributed by atoms with Gasteiger partial charge in [0.2, 0.25) is 10.0 Å². The number of hydrogen-bond acceptors (Lipinski definition) is 3. The average Bonchev–Trinajstić information content (AvgIpc) is 2.46. The number of nitrogens with one attached hydrogen (secondary N) is 1. The Kier molecular flexibility index (Phi) is 4.83. The summed E-state index contributed by atoms with van der Waals surface area (Å²) in [4.78, 5) is 0.314. The zero-order valence-corrected chi connectivity index (χ0v) is 12.9. The predicted octanol–water partition coefficient (Wildman–Crippen LogP) is 2.19. The molecule has 0 atom stereocenters. The molecule has 0 unspecified atom stereocenters. The molecule has 0 saturated heterocycles. The van der Waals surface area contributed by atoms with Gasteiger partial charge >= 0.3 is 0 Å². The quantitative estimate of drug-likeness (QED) is 0.875. The van der Waals surface area contributed by atoms with Crippen LogP contribution in [0.25, 0.3) is 0 Å². The van der Waals surface area contributed by atoms with Crippen molar-refractivity contribution in [3.05, 3.63) is 29.8 Å². The smallest absolute Gasteiger partial charge is 0.240 e. The van der Waals surface area contributed by atoms with Crippen molar-refractivity contribution < 1.29 is 8.42 Å². The SMILES string of the molecule is CCc1ccc(S(=O)(=O)NCC2(N)CCCCC2)cc1. The zero-order valence-electron chi connectivity index (χ0n) is 12.1. The summed E-state index contributed by atoms with van der Waals surface area (Å²) in [5.41, 5.74) is 7.01. The van der Waals surface area contributed by atoms with Crippen molar-refractivity contribution in [2.45, 2.75) is 55.9 Å². The molecule has 0 heterocycles. The van der Waals surface area contributed by atoms with Crippen LogP contribution in [0.15, 0.2) is 29.2 Å². The molecular formula is C15H24N2O2S. The standard InChI is InChI=1S/C15H24N2O2S/c1-2-13-6-8-14(9-7-13)20(18,19)17-12-15(16)10-4-3-5-11-15/h6-9,17H,2-5,10-12,16H2,1H3. The van der Waals surface area contributed by atoms with Gasteiger partial charge in [0.05, 0.1) is 4.90 Å². The summed E-state index contributed by atoms with van der Waals surface area (Å²) < 4.78 is 27.2. The molecule has 0 aliphatic heterocycles. The van der Waals surface area contributed by atoms with Crippen molar-refractivity contribution in [3.63, 3.8) is 0 Å². The van der Waals surface area contributed by atoms with Gasteiger partial charge in [-0.05, 0) is 37.0 Å². The number of benzene rings is 1. The van der Waals surface area contributed by atoms with Crippen LogP contribution in [0.4, 0.5) is 0 Å². The van der Waals surface area contributed by atoms with E-state index in [1.54, 1.807) is 12.1 Å². The van der Waals surface area contributed by atoms with Crippen molar-refractivity contribution in [1.82, 2.24) is 4.72 Å². The van der Waals surface area contributed by atoms with E-state index in [1.807, 2.05) is 19.1 Å². The Labute approximate surface area is 121 Å². The largest absolute Gasteiger partial charge is 0.324 e. The highest BCUT2D eigenvalue weighted by atomic mass is 32.2. The van der Waals surface area contributed by atoms with E-state index in [4.69, 9.17) is 5.73 Å². The van der Waals surface area contributed by atoms with Gasteiger partial charge in [0.15, 0.2) is 0 Å². The zero-order chi connectivity index (χ0) is 14.6. The van der Waals surface area contributed by atoms with Crippen molar-refractivity contribution >= 4 is 10.0 Å². The number of hydrogen-bond donors (Lipinski definition) is 2. The molecular weight excluding hydrogens is 272 g/mol. The summed E-state index contributed by atoms with van der Waals surface area (Å²) in [6, 6.07) is 7.03. The Morgan fingerprint density at radius 2 is 1.75 bits per heavy atom. The minimum absolute atomic E-state index is 0.314. The van der Waals surface area contributed by atoms with E-state index in [-0.39, 0.29) is 5.54 Å². The van der Waals surface area contributed by atoms with E-state index >= 15 is 0 Å². The van der Waals surface area contributed by atoms with Gasteiger partial charge in [-0.25, -0.2) is 13.1 Å². The summed E-state index contributed by atoms with van der Waals surface area (Å²) >= 11 is 0. The Balaban J connectivity index is 2.02. The van der Waals surface area contributed by atoms with Crippen molar-refractivity contribution in [2.75, 3.05) is 6.54 Å². The minimum atomic E-state index is -3.45. The fourth-order valence-electron chi connectivity index (χ4n) is 2.66. The molecule has 0 aromatic heterocycles. The Bertz CT molecular complexity index is 531. The first-order chi connectivity index (χ1) is 9.45. The van der Waals surface area contributed by atoms with Crippen LogP contribution < -0.4 is 10.5 Å². The number of aryl methyl sites for hydroxylation is 1. The topological polar surface area (TPSA) is 72.2 Å². The van der Waals surface area contributed by atoms with E-state index in [0.29, 0.717) is 11.4 Å². The van der Waals surface area contributed by atoms with Gasteiger partial charge in [0, 0.05) is 12.1 Å². The molecule has 3 N–H and O–H groups in total. The van der Waals surface area contributed by atoms with Crippen LogP contribution in [0.2, 0.25) is 0 Å². The fraction of sp³-hybridized carbons (Fsp3) is 0.600. The van der Waals surface area contributed by atoms with E-state index in [0.717, 1.165) is 37.7 Å². The highest BCUT2D eigenvalue weighted by Crippen LogP contribution is 2.25. The highest BCUT2D eigenvalue weighted by Gasteiger charge is 2.29. The van der Waals surface area contributed by atoms with Crippen LogP contribution >= 0.6 is 0 Å². The lowest BCUT2D eigenvalue weighted by atomic mass is 9.83. The molecule has 0 radical (unpaired) electrons. The van der Waals surface area contributed by atoms with Crippen LogP contribution in [-0.2, 0) is 16.4 Å². The van der Waals surface area contributed by atoms with Crippen LogP contribution in [-0.4, -0.2) is 20.5 Å². The van der Waals surface area contributed by atoms with Crippen LogP contribution in [0.3, 0.4) is 0 Å². The molecule has 1 aromatic carbocycles. The first-order valence-corrected chi connectivity index (χ1v) is 8.81. The lowest BCUT2D eigenvalue weighted by molar-refractivity contribution is 0.296. The second kappa shape index (κ2) is 6.24. The highest BCUT2D eigenvalue weighted by molar-refractivity contribution is 7.89. The van der Waals surface area contributed by atoms with Crippen molar-refractivity contribution in [3.8, 4) is 0 Å². The number of sulfonamides is 1. The van der Waals surface area contributed by atoms with Crippen LogP contribution in [0.1, 0.15) is 44.6 Å². The molecule has 112 valence electrons. The normalized spacial score (nSPS) is 18.9. The molecule has 1 aliphatic carbocycles. The monoisotopic (exact) mass is 296 g/mol. The molecule has 0 bridgehead atoms. The number of rotatable bonds is 5. The lowest BCUT2D eigenvalue weighted by Gasteiger charge is -2.33. The molecule has 4 nitrogen and oxygen atoms in total. The minimum Gasteiger partial charge on any atom is -0.324 e. The van der Waals surface area contributed by atoms with Crippen LogP contribution in [0.5, 0.6) is 0 Å². The van der Waals surface area contributed by atoms with Gasteiger partial charge in [-0.15, -0.1) is 0 Å². The summed E-state index contributed by atoms with van der Waals surface area (Å²) in [6.07, 6.45) is 6.06. The third-order valence-electron chi connectivity index (χ3n) is 4.11. The fourth-order valence-corrected chi connectivity index (χ4v) is 3.80. The average molecular weight is 296 g/mol. The van der Waals surface area contributed by atoms with Crippen molar-refractivity contribution in [2.24, 2.45) is 5.73 Å². The van der Waals surface area contributed by atoms with Gasteiger partial charge < -0.3 is 5.73 Å². The van der Waals surface area contributed by atoms with Gasteiger partial charge in [-0.2, -0.15) is 0 Å². The van der Waals surface area contributed by atoms with E-state index in [2.05, 4.69) is 4.72 Å². The maximum Gasteiger partial charge on any atom is 0.240 e. The van der Waals surface area contributed by atoms with E-state index < -0.39 is 10.0 Å². The molecule has 20 heavy (non-hydrogen) atoms. The van der Waals surface area contributed by atoms with Gasteiger partial charge in [0.1, 0.15) is 0 Å². The lowest BCUT2D eigenvalue weighted by Crippen LogP contribution is -2.51. The maximum absolute atomic E-state index is 12.3. The first-order valence-electron chi connectivity index (χ1n) is 7.33. The third-order valence-corrected chi connectivity index (χ3v) is 5.52. The molecule has 1 aromatic rings. The maximum atomic E-state index is 12.3. The summed E-state index contributed by atoms with van der Waals surface area (Å²) in [5.74, 6) is 0. The molecule has 1 saturated carbocycles. The molecule has 0 amide bonds. The van der Waals surface area contributed by atoms with Gasteiger partial charge in [-0.1, -0.05) is 38.3 Å². The van der Waals surface area contributed by atoms with E-state index in [1.165, 1.54) is 6.42 Å². The summed E-state index contributed by atoms with van der Waals surface area (Å²) in [6.45, 7) is 2.37. The summed E-state index contributed by atoms with van der Waals surface area (Å²) in [7, 11) is -3.45. The number of nitrogens with two attached hydrogens (primary N) is 1. The Morgan fingerprint density at radius 1 is 1.15 bits per heavy atom. The van der Waals surface area contributed by atoms with Gasteiger partial charge in [0.25, 0.3) is 0 Å². The van der Waals surface area contributed by atoms with Gasteiger partial charge in [-0.3, -0.25) is 0 Å². The predicted molar refractivity (Wildman–Crippen MR) is 81.0 cm³/mol. The molecule has 0 spiro atoms. The molecule has 1 aliphatic rings. The molecule has 2 rings (SSSR count). The van der Waals surface area contributed by atoms with Crippen molar-refractivity contribution in [1.29, 1.82) is 0 Å². The second-order valence-electron chi connectivity index (χ2n) is 5.75. The summed E-state index contributed by atoms with van der Waals surface area (Å²) in [5, 5.41) is 0. The van der Waals surface area contributed by atoms with Crippen LogP contribution in [0, 0.1) is 0 Å². The third kappa shape index (κ3) is 3.81. The Hall–Kier alpha value is -0.910. The molecule has 5 heteroatoms.